The molecule has 0 aliphatic carbocycles. The predicted molar refractivity (Wildman–Crippen MR) is 71.0 cm³/mol. The molecule has 2 rings (SSSR count). The molecule has 1 fully saturated rings. The molecule has 0 atom stereocenters. The van der Waals surface area contributed by atoms with Crippen molar-refractivity contribution in [2.45, 2.75) is 6.42 Å². The third kappa shape index (κ3) is 3.29. The molecule has 1 aliphatic heterocycles. The molecule has 6 nitrogen and oxygen atoms in total. The summed E-state index contributed by atoms with van der Waals surface area (Å²) in [5.41, 5.74) is 0. The Hall–Kier alpha value is -1.95. The molecule has 0 spiro atoms. The number of nitrogens with zero attached hydrogens (tertiary/aromatic N) is 2. The smallest absolute Gasteiger partial charge is 0.334 e. The number of amides is 2. The van der Waals surface area contributed by atoms with E-state index in [1.807, 2.05) is 24.3 Å². The van der Waals surface area contributed by atoms with Gasteiger partial charge in [0.1, 0.15) is 6.61 Å². The van der Waals surface area contributed by atoms with Crippen molar-refractivity contribution in [2.75, 3.05) is 33.4 Å². The van der Waals surface area contributed by atoms with Crippen molar-refractivity contribution in [1.29, 1.82) is 0 Å². The van der Waals surface area contributed by atoms with E-state index in [-0.39, 0.29) is 6.03 Å². The number of carbonyl (C=O) groups excluding carboxylic acids is 1. The standard InChI is InChI=1S/C13H19N3O3/c1-18-11-5-2-3-6-12(11)19-10-9-15-7-4-8-16(14)13(15)17/h2-3,5-6H,4,7-10,14H2,1H3. The quantitative estimate of drug-likeness (QED) is 0.639. The monoisotopic (exact) mass is 265 g/mol. The number of rotatable bonds is 5. The molecule has 1 saturated heterocycles. The Bertz CT molecular complexity index is 439. The summed E-state index contributed by atoms with van der Waals surface area (Å²) in [4.78, 5) is 13.4. The Labute approximate surface area is 112 Å². The van der Waals surface area contributed by atoms with Crippen LogP contribution in [0, 0.1) is 0 Å². The molecular weight excluding hydrogens is 246 g/mol. The SMILES string of the molecule is COc1ccccc1OCCN1CCCN(N)C1=O. The van der Waals surface area contributed by atoms with Crippen molar-refractivity contribution in [3.63, 3.8) is 0 Å². The predicted octanol–water partition coefficient (Wildman–Crippen LogP) is 1.08. The van der Waals surface area contributed by atoms with E-state index in [9.17, 15) is 4.79 Å². The number of nitrogens with two attached hydrogens (primary N) is 1. The fraction of sp³-hybridized carbons (Fsp3) is 0.462. The second-order valence-corrected chi connectivity index (χ2v) is 4.32. The highest BCUT2D eigenvalue weighted by atomic mass is 16.5. The topological polar surface area (TPSA) is 68.0 Å². The van der Waals surface area contributed by atoms with Gasteiger partial charge in [-0.2, -0.15) is 0 Å². The molecule has 104 valence electrons. The van der Waals surface area contributed by atoms with Gasteiger partial charge in [-0.1, -0.05) is 12.1 Å². The Morgan fingerprint density at radius 3 is 2.74 bits per heavy atom. The number of urea groups is 1. The van der Waals surface area contributed by atoms with Gasteiger partial charge in [0.2, 0.25) is 0 Å². The lowest BCUT2D eigenvalue weighted by Gasteiger charge is -2.32. The van der Waals surface area contributed by atoms with Gasteiger partial charge in [0.15, 0.2) is 11.5 Å². The molecule has 0 radical (unpaired) electrons. The van der Waals surface area contributed by atoms with Gasteiger partial charge in [0.25, 0.3) is 0 Å². The van der Waals surface area contributed by atoms with E-state index in [0.717, 1.165) is 13.0 Å². The molecule has 1 aromatic carbocycles. The first-order valence-corrected chi connectivity index (χ1v) is 6.29. The summed E-state index contributed by atoms with van der Waals surface area (Å²) >= 11 is 0. The van der Waals surface area contributed by atoms with E-state index in [1.54, 1.807) is 12.0 Å². The molecule has 2 amide bonds. The third-order valence-corrected chi connectivity index (χ3v) is 3.03. The van der Waals surface area contributed by atoms with Crippen molar-refractivity contribution in [3.05, 3.63) is 24.3 Å². The molecule has 2 N–H and O–H groups in total. The summed E-state index contributed by atoms with van der Waals surface area (Å²) in [5, 5.41) is 1.24. The number of carbonyl (C=O) groups is 1. The van der Waals surface area contributed by atoms with Crippen LogP contribution in [0.25, 0.3) is 0 Å². The molecule has 0 unspecified atom stereocenters. The molecule has 0 bridgehead atoms. The lowest BCUT2D eigenvalue weighted by atomic mass is 10.3. The van der Waals surface area contributed by atoms with Crippen molar-refractivity contribution in [2.24, 2.45) is 5.84 Å². The van der Waals surface area contributed by atoms with Crippen LogP contribution in [0.3, 0.4) is 0 Å². The third-order valence-electron chi connectivity index (χ3n) is 3.03. The Balaban J connectivity index is 1.84. The number of ether oxygens (including phenoxy) is 2. The second kappa shape index (κ2) is 6.29. The number of hydrogen-bond acceptors (Lipinski definition) is 4. The first-order valence-electron chi connectivity index (χ1n) is 6.29. The minimum Gasteiger partial charge on any atom is -0.493 e. The minimum atomic E-state index is -0.144. The molecule has 0 aromatic heterocycles. The van der Waals surface area contributed by atoms with E-state index in [4.69, 9.17) is 15.3 Å². The summed E-state index contributed by atoms with van der Waals surface area (Å²) in [6, 6.07) is 7.29. The van der Waals surface area contributed by atoms with Crippen LogP contribution in [0.2, 0.25) is 0 Å². The van der Waals surface area contributed by atoms with Crippen LogP contribution in [0.4, 0.5) is 4.79 Å². The van der Waals surface area contributed by atoms with Gasteiger partial charge < -0.3 is 14.4 Å². The average molecular weight is 265 g/mol. The lowest BCUT2D eigenvalue weighted by molar-refractivity contribution is 0.120. The Kier molecular flexibility index (Phi) is 4.46. The summed E-state index contributed by atoms with van der Waals surface area (Å²) in [5.74, 6) is 6.95. The zero-order chi connectivity index (χ0) is 13.7. The molecule has 1 heterocycles. The number of methoxy groups -OCH3 is 1. The van der Waals surface area contributed by atoms with Gasteiger partial charge in [-0.3, -0.25) is 5.01 Å². The molecular formula is C13H19N3O3. The maximum Gasteiger partial charge on any atom is 0.334 e. The van der Waals surface area contributed by atoms with Gasteiger partial charge in [-0.25, -0.2) is 10.6 Å². The number of benzene rings is 1. The Morgan fingerprint density at radius 2 is 2.00 bits per heavy atom. The van der Waals surface area contributed by atoms with Gasteiger partial charge in [0.05, 0.1) is 13.7 Å². The fourth-order valence-electron chi connectivity index (χ4n) is 2.02. The fourth-order valence-corrected chi connectivity index (χ4v) is 2.02. The number of hydrogen-bond donors (Lipinski definition) is 1. The molecule has 1 aromatic rings. The van der Waals surface area contributed by atoms with Crippen LogP contribution in [-0.2, 0) is 0 Å². The molecule has 19 heavy (non-hydrogen) atoms. The molecule has 0 saturated carbocycles. The van der Waals surface area contributed by atoms with E-state index in [1.165, 1.54) is 5.01 Å². The highest BCUT2D eigenvalue weighted by Gasteiger charge is 2.22. The van der Waals surface area contributed by atoms with Crippen LogP contribution in [0.1, 0.15) is 6.42 Å². The van der Waals surface area contributed by atoms with Crippen molar-refractivity contribution in [1.82, 2.24) is 9.91 Å². The molecule has 1 aliphatic rings. The highest BCUT2D eigenvalue weighted by Crippen LogP contribution is 2.25. The summed E-state index contributed by atoms with van der Waals surface area (Å²) < 4.78 is 10.8. The van der Waals surface area contributed by atoms with Gasteiger partial charge in [-0.15, -0.1) is 0 Å². The van der Waals surface area contributed by atoms with E-state index < -0.39 is 0 Å². The average Bonchev–Trinajstić information content (AvgIpc) is 2.44. The first-order chi connectivity index (χ1) is 9.22. The largest absolute Gasteiger partial charge is 0.493 e. The van der Waals surface area contributed by atoms with Gasteiger partial charge in [-0.05, 0) is 18.6 Å². The lowest BCUT2D eigenvalue weighted by Crippen LogP contribution is -2.53. The zero-order valence-corrected chi connectivity index (χ0v) is 11.0. The van der Waals surface area contributed by atoms with Gasteiger partial charge >= 0.3 is 6.03 Å². The van der Waals surface area contributed by atoms with Crippen LogP contribution < -0.4 is 15.3 Å². The van der Waals surface area contributed by atoms with Crippen LogP contribution in [0.15, 0.2) is 24.3 Å². The van der Waals surface area contributed by atoms with Crippen molar-refractivity contribution < 1.29 is 14.3 Å². The van der Waals surface area contributed by atoms with Crippen molar-refractivity contribution in [3.8, 4) is 11.5 Å². The maximum absolute atomic E-state index is 11.7. The van der Waals surface area contributed by atoms with Gasteiger partial charge in [0, 0.05) is 13.1 Å². The minimum absolute atomic E-state index is 0.144. The summed E-state index contributed by atoms with van der Waals surface area (Å²) in [7, 11) is 1.60. The second-order valence-electron chi connectivity index (χ2n) is 4.32. The maximum atomic E-state index is 11.7. The zero-order valence-electron chi connectivity index (χ0n) is 11.0. The van der Waals surface area contributed by atoms with Crippen LogP contribution in [-0.4, -0.2) is 49.3 Å². The number of hydrazine groups is 1. The molecule has 6 heteroatoms. The van der Waals surface area contributed by atoms with Crippen LogP contribution >= 0.6 is 0 Å². The first kappa shape index (κ1) is 13.5. The number of para-hydroxylation sites is 2. The summed E-state index contributed by atoms with van der Waals surface area (Å²) in [6.07, 6.45) is 0.886. The van der Waals surface area contributed by atoms with E-state index >= 15 is 0 Å². The van der Waals surface area contributed by atoms with E-state index in [0.29, 0.717) is 31.2 Å². The van der Waals surface area contributed by atoms with E-state index in [2.05, 4.69) is 0 Å². The summed E-state index contributed by atoms with van der Waals surface area (Å²) in [6.45, 7) is 2.27. The highest BCUT2D eigenvalue weighted by molar-refractivity contribution is 5.74. The normalized spacial score (nSPS) is 15.6. The van der Waals surface area contributed by atoms with Crippen LogP contribution in [0.5, 0.6) is 11.5 Å². The van der Waals surface area contributed by atoms with Crippen molar-refractivity contribution >= 4 is 6.03 Å². The Morgan fingerprint density at radius 1 is 1.26 bits per heavy atom.